The Bertz CT molecular complexity index is 268. The molecule has 2 rings (SSSR count). The molecular weight excluding hydrogens is 152 g/mol. The number of hydrogen-bond acceptors (Lipinski definition) is 3. The summed E-state index contributed by atoms with van der Waals surface area (Å²) in [6, 6.07) is 2.35. The van der Waals surface area contributed by atoms with Gasteiger partial charge in [0.1, 0.15) is 0 Å². The summed E-state index contributed by atoms with van der Waals surface area (Å²) in [6.07, 6.45) is 3.04. The fourth-order valence-electron chi connectivity index (χ4n) is 1.57. The van der Waals surface area contributed by atoms with Crippen molar-refractivity contribution in [3.8, 4) is 0 Å². The molecule has 1 aromatic rings. The lowest BCUT2D eigenvalue weighted by molar-refractivity contribution is 0.741. The van der Waals surface area contributed by atoms with Gasteiger partial charge in [0.2, 0.25) is 0 Å². The Balaban J connectivity index is 2.11. The van der Waals surface area contributed by atoms with E-state index in [4.69, 9.17) is 5.73 Å². The normalized spacial score (nSPS) is 23.5. The maximum absolute atomic E-state index is 5.79. The average molecular weight is 166 g/mol. The zero-order valence-electron chi connectivity index (χ0n) is 7.27. The SMILES string of the molecule is Cn1ccc(N2CCC(N)C2)n1. The van der Waals surface area contributed by atoms with Gasteiger partial charge in [-0.1, -0.05) is 0 Å². The van der Waals surface area contributed by atoms with Gasteiger partial charge < -0.3 is 10.6 Å². The van der Waals surface area contributed by atoms with Crippen LogP contribution >= 0.6 is 0 Å². The largest absolute Gasteiger partial charge is 0.354 e. The maximum atomic E-state index is 5.79. The molecule has 0 bridgehead atoms. The third-order valence-corrected chi connectivity index (χ3v) is 2.25. The summed E-state index contributed by atoms with van der Waals surface area (Å²) in [5, 5.41) is 4.31. The van der Waals surface area contributed by atoms with Crippen LogP contribution in [0.25, 0.3) is 0 Å². The summed E-state index contributed by atoms with van der Waals surface area (Å²) < 4.78 is 1.82. The lowest BCUT2D eigenvalue weighted by Crippen LogP contribution is -2.26. The molecule has 1 saturated heterocycles. The van der Waals surface area contributed by atoms with E-state index in [2.05, 4.69) is 10.00 Å². The smallest absolute Gasteiger partial charge is 0.150 e. The number of nitrogens with zero attached hydrogens (tertiary/aromatic N) is 3. The third kappa shape index (κ3) is 1.30. The molecule has 4 heteroatoms. The van der Waals surface area contributed by atoms with E-state index in [9.17, 15) is 0 Å². The van der Waals surface area contributed by atoms with Gasteiger partial charge in [0.05, 0.1) is 0 Å². The Labute approximate surface area is 72.0 Å². The van der Waals surface area contributed by atoms with E-state index in [0.717, 1.165) is 25.3 Å². The molecule has 0 aliphatic carbocycles. The summed E-state index contributed by atoms with van der Waals surface area (Å²) in [6.45, 7) is 1.98. The lowest BCUT2D eigenvalue weighted by Gasteiger charge is -2.13. The van der Waals surface area contributed by atoms with Crippen LogP contribution in [0.15, 0.2) is 12.3 Å². The fourth-order valence-corrected chi connectivity index (χ4v) is 1.57. The molecule has 0 amide bonds. The predicted octanol–water partition coefficient (Wildman–Crippen LogP) is -0.0425. The van der Waals surface area contributed by atoms with Crippen molar-refractivity contribution in [2.45, 2.75) is 12.5 Å². The van der Waals surface area contributed by atoms with Crippen LogP contribution in [-0.4, -0.2) is 28.9 Å². The quantitative estimate of drug-likeness (QED) is 0.636. The monoisotopic (exact) mass is 166 g/mol. The first-order chi connectivity index (χ1) is 5.75. The van der Waals surface area contributed by atoms with Gasteiger partial charge in [0.25, 0.3) is 0 Å². The van der Waals surface area contributed by atoms with Crippen molar-refractivity contribution in [1.82, 2.24) is 9.78 Å². The molecule has 2 N–H and O–H groups in total. The molecule has 66 valence electrons. The highest BCUT2D eigenvalue weighted by molar-refractivity contribution is 5.38. The van der Waals surface area contributed by atoms with Crippen molar-refractivity contribution in [3.63, 3.8) is 0 Å². The average Bonchev–Trinajstić information content (AvgIpc) is 2.58. The molecule has 0 radical (unpaired) electrons. The third-order valence-electron chi connectivity index (χ3n) is 2.25. The molecular formula is C8H14N4. The summed E-state index contributed by atoms with van der Waals surface area (Å²) >= 11 is 0. The van der Waals surface area contributed by atoms with Crippen molar-refractivity contribution in [1.29, 1.82) is 0 Å². The topological polar surface area (TPSA) is 47.1 Å². The van der Waals surface area contributed by atoms with E-state index in [1.165, 1.54) is 0 Å². The predicted molar refractivity (Wildman–Crippen MR) is 48.0 cm³/mol. The number of hydrogen-bond donors (Lipinski definition) is 1. The van der Waals surface area contributed by atoms with Crippen molar-refractivity contribution >= 4 is 5.82 Å². The molecule has 1 atom stereocenters. The lowest BCUT2D eigenvalue weighted by atomic mass is 10.3. The summed E-state index contributed by atoms with van der Waals surface area (Å²) in [7, 11) is 1.93. The molecule has 1 aliphatic heterocycles. The van der Waals surface area contributed by atoms with Crippen molar-refractivity contribution in [2.24, 2.45) is 12.8 Å². The van der Waals surface area contributed by atoms with E-state index in [-0.39, 0.29) is 0 Å². The number of nitrogens with two attached hydrogens (primary N) is 1. The Morgan fingerprint density at radius 1 is 1.67 bits per heavy atom. The molecule has 1 aliphatic rings. The zero-order valence-corrected chi connectivity index (χ0v) is 7.27. The maximum Gasteiger partial charge on any atom is 0.150 e. The second-order valence-corrected chi connectivity index (χ2v) is 3.34. The summed E-state index contributed by atoms with van der Waals surface area (Å²) in [5.41, 5.74) is 5.79. The van der Waals surface area contributed by atoms with Crippen LogP contribution in [0.3, 0.4) is 0 Å². The van der Waals surface area contributed by atoms with Gasteiger partial charge in [-0.15, -0.1) is 0 Å². The summed E-state index contributed by atoms with van der Waals surface area (Å²) in [4.78, 5) is 2.23. The van der Waals surface area contributed by atoms with Gasteiger partial charge in [0, 0.05) is 38.4 Å². The van der Waals surface area contributed by atoms with Gasteiger partial charge in [-0.2, -0.15) is 5.10 Å². The highest BCUT2D eigenvalue weighted by Crippen LogP contribution is 2.16. The molecule has 2 heterocycles. The Hall–Kier alpha value is -1.03. The Morgan fingerprint density at radius 2 is 2.50 bits per heavy atom. The van der Waals surface area contributed by atoms with Crippen molar-refractivity contribution in [2.75, 3.05) is 18.0 Å². The molecule has 1 aromatic heterocycles. The van der Waals surface area contributed by atoms with Crippen molar-refractivity contribution in [3.05, 3.63) is 12.3 Å². The molecule has 4 nitrogen and oxygen atoms in total. The number of aryl methyl sites for hydroxylation is 1. The summed E-state index contributed by atoms with van der Waals surface area (Å²) in [5.74, 6) is 1.05. The molecule has 0 spiro atoms. The van der Waals surface area contributed by atoms with E-state index < -0.39 is 0 Å². The van der Waals surface area contributed by atoms with Gasteiger partial charge in [-0.05, 0) is 6.42 Å². The van der Waals surface area contributed by atoms with E-state index >= 15 is 0 Å². The second-order valence-electron chi connectivity index (χ2n) is 3.34. The van der Waals surface area contributed by atoms with E-state index in [1.807, 2.05) is 24.0 Å². The van der Waals surface area contributed by atoms with Crippen LogP contribution in [0.4, 0.5) is 5.82 Å². The molecule has 0 aromatic carbocycles. The first-order valence-electron chi connectivity index (χ1n) is 4.26. The van der Waals surface area contributed by atoms with Crippen LogP contribution in [0.2, 0.25) is 0 Å². The zero-order chi connectivity index (χ0) is 8.55. The van der Waals surface area contributed by atoms with Crippen LogP contribution < -0.4 is 10.6 Å². The molecule has 1 fully saturated rings. The molecule has 12 heavy (non-hydrogen) atoms. The van der Waals surface area contributed by atoms with Gasteiger partial charge in [-0.3, -0.25) is 4.68 Å². The standard InChI is InChI=1S/C8H14N4/c1-11-4-3-8(10-11)12-5-2-7(9)6-12/h3-4,7H,2,5-6,9H2,1H3. The number of anilines is 1. The highest BCUT2D eigenvalue weighted by Gasteiger charge is 2.20. The van der Waals surface area contributed by atoms with Gasteiger partial charge >= 0.3 is 0 Å². The van der Waals surface area contributed by atoms with E-state index in [0.29, 0.717) is 6.04 Å². The molecule has 0 saturated carbocycles. The highest BCUT2D eigenvalue weighted by atomic mass is 15.3. The van der Waals surface area contributed by atoms with Crippen LogP contribution in [-0.2, 0) is 7.05 Å². The fraction of sp³-hybridized carbons (Fsp3) is 0.625. The Morgan fingerprint density at radius 3 is 3.00 bits per heavy atom. The number of aromatic nitrogens is 2. The van der Waals surface area contributed by atoms with Crippen LogP contribution in [0, 0.1) is 0 Å². The van der Waals surface area contributed by atoms with Crippen LogP contribution in [0.1, 0.15) is 6.42 Å². The second kappa shape index (κ2) is 2.79. The first-order valence-corrected chi connectivity index (χ1v) is 4.26. The van der Waals surface area contributed by atoms with E-state index in [1.54, 1.807) is 0 Å². The minimum Gasteiger partial charge on any atom is -0.354 e. The number of rotatable bonds is 1. The first kappa shape index (κ1) is 7.61. The van der Waals surface area contributed by atoms with Gasteiger partial charge in [-0.25, -0.2) is 0 Å². The Kier molecular flexibility index (Phi) is 1.77. The minimum absolute atomic E-state index is 0.326. The minimum atomic E-state index is 0.326. The van der Waals surface area contributed by atoms with Gasteiger partial charge in [0.15, 0.2) is 5.82 Å². The molecule has 1 unspecified atom stereocenters. The van der Waals surface area contributed by atoms with Crippen molar-refractivity contribution < 1.29 is 0 Å². The van der Waals surface area contributed by atoms with Crippen LogP contribution in [0.5, 0.6) is 0 Å².